The average Bonchev–Trinajstić information content (AvgIpc) is 3.33. The Balaban J connectivity index is 0.00000320. The highest BCUT2D eigenvalue weighted by Gasteiger charge is 2.17. The third kappa shape index (κ3) is 6.08. The minimum atomic E-state index is -0.333. The van der Waals surface area contributed by atoms with Crippen molar-refractivity contribution in [2.75, 3.05) is 18.8 Å². The Hall–Kier alpha value is -2.35. The van der Waals surface area contributed by atoms with Gasteiger partial charge in [-0.25, -0.2) is 9.07 Å². The molecule has 1 aromatic heterocycles. The van der Waals surface area contributed by atoms with Crippen molar-refractivity contribution in [3.8, 4) is 11.8 Å². The van der Waals surface area contributed by atoms with Crippen LogP contribution < -0.4 is 16.4 Å². The molecule has 7 nitrogen and oxygen atoms in total. The monoisotopic (exact) mass is 525 g/mol. The van der Waals surface area contributed by atoms with Crippen LogP contribution in [0, 0.1) is 17.1 Å². The lowest BCUT2D eigenvalue weighted by atomic mass is 10.1. The molecule has 0 bridgehead atoms. The topological polar surface area (TPSA) is 104 Å². The van der Waals surface area contributed by atoms with Gasteiger partial charge >= 0.3 is 0 Å². The molecular weight excluding hydrogens is 496 g/mol. The standard InChI is InChI=1S/C21H28FN7.HI/c1-2-25-21(27-16-6-3-4-7-16)26-13-5-8-19-18(14-23)20(24)29(28-19)17-11-9-15(22)10-12-17;/h9-12,16H,2-8,13,24H2,1H3,(H2,25,26,27);1H. The number of nitrogen functional groups attached to an aromatic ring is 1. The quantitative estimate of drug-likeness (QED) is 0.222. The summed E-state index contributed by atoms with van der Waals surface area (Å²) >= 11 is 0. The van der Waals surface area contributed by atoms with E-state index in [0.717, 1.165) is 18.9 Å². The van der Waals surface area contributed by atoms with Gasteiger partial charge in [0.05, 0.1) is 11.4 Å². The highest BCUT2D eigenvalue weighted by molar-refractivity contribution is 14.0. The van der Waals surface area contributed by atoms with Gasteiger partial charge in [0.15, 0.2) is 5.96 Å². The number of guanidine groups is 1. The van der Waals surface area contributed by atoms with Crippen molar-refractivity contribution in [1.29, 1.82) is 5.26 Å². The van der Waals surface area contributed by atoms with E-state index in [2.05, 4.69) is 33.7 Å². The van der Waals surface area contributed by atoms with E-state index in [-0.39, 0.29) is 35.6 Å². The van der Waals surface area contributed by atoms with Crippen molar-refractivity contribution in [3.63, 3.8) is 0 Å². The van der Waals surface area contributed by atoms with E-state index in [0.29, 0.717) is 36.0 Å². The molecule has 2 aromatic rings. The first-order chi connectivity index (χ1) is 14.1. The van der Waals surface area contributed by atoms with Crippen LogP contribution in [-0.2, 0) is 6.42 Å². The van der Waals surface area contributed by atoms with Crippen molar-refractivity contribution in [2.45, 2.75) is 51.5 Å². The molecule has 0 spiro atoms. The summed E-state index contributed by atoms with van der Waals surface area (Å²) in [6.45, 7) is 3.49. The predicted octanol–water partition coefficient (Wildman–Crippen LogP) is 3.51. The Morgan fingerprint density at radius 1 is 1.33 bits per heavy atom. The fourth-order valence-corrected chi connectivity index (χ4v) is 3.58. The number of nitrogens with two attached hydrogens (primary N) is 1. The van der Waals surface area contributed by atoms with Gasteiger partial charge in [-0.1, -0.05) is 12.8 Å². The molecule has 162 valence electrons. The second-order valence-electron chi connectivity index (χ2n) is 7.20. The van der Waals surface area contributed by atoms with Gasteiger partial charge in [0.25, 0.3) is 0 Å². The van der Waals surface area contributed by atoms with E-state index in [4.69, 9.17) is 5.73 Å². The molecule has 1 aliphatic carbocycles. The van der Waals surface area contributed by atoms with Crippen LogP contribution in [-0.4, -0.2) is 34.9 Å². The Kier molecular flexibility index (Phi) is 9.36. The van der Waals surface area contributed by atoms with E-state index in [1.807, 2.05) is 0 Å². The van der Waals surface area contributed by atoms with Crippen molar-refractivity contribution in [2.24, 2.45) is 4.99 Å². The first kappa shape index (κ1) is 23.9. The number of aliphatic imine (C=N–C) groups is 1. The van der Waals surface area contributed by atoms with E-state index in [9.17, 15) is 9.65 Å². The number of benzene rings is 1. The molecule has 30 heavy (non-hydrogen) atoms. The zero-order valence-corrected chi connectivity index (χ0v) is 19.5. The molecule has 4 N–H and O–H groups in total. The van der Waals surface area contributed by atoms with Gasteiger partial charge in [0.2, 0.25) is 0 Å². The van der Waals surface area contributed by atoms with E-state index in [1.54, 1.807) is 12.1 Å². The molecule has 1 heterocycles. The molecule has 1 aromatic carbocycles. The maximum absolute atomic E-state index is 13.2. The molecule has 1 saturated carbocycles. The molecule has 3 rings (SSSR count). The summed E-state index contributed by atoms with van der Waals surface area (Å²) in [5.41, 5.74) is 7.74. The molecule has 0 amide bonds. The zero-order chi connectivity index (χ0) is 20.6. The van der Waals surface area contributed by atoms with Gasteiger partial charge < -0.3 is 16.4 Å². The summed E-state index contributed by atoms with van der Waals surface area (Å²) in [4.78, 5) is 4.65. The summed E-state index contributed by atoms with van der Waals surface area (Å²) in [7, 11) is 0. The van der Waals surface area contributed by atoms with Crippen LogP contribution >= 0.6 is 24.0 Å². The number of aromatic nitrogens is 2. The summed E-state index contributed by atoms with van der Waals surface area (Å²) in [6, 6.07) is 8.51. The molecule has 9 heteroatoms. The van der Waals surface area contributed by atoms with Gasteiger partial charge in [0, 0.05) is 19.1 Å². The lowest BCUT2D eigenvalue weighted by molar-refractivity contribution is 0.612. The van der Waals surface area contributed by atoms with Gasteiger partial charge in [-0.15, -0.1) is 24.0 Å². The lowest BCUT2D eigenvalue weighted by Crippen LogP contribution is -2.42. The van der Waals surface area contributed by atoms with Crippen molar-refractivity contribution in [1.82, 2.24) is 20.4 Å². The summed E-state index contributed by atoms with van der Waals surface area (Å²) < 4.78 is 14.7. The van der Waals surface area contributed by atoms with Crippen LogP contribution in [0.5, 0.6) is 0 Å². The van der Waals surface area contributed by atoms with Crippen molar-refractivity contribution >= 4 is 35.8 Å². The fraction of sp³-hybridized carbons (Fsp3) is 0.476. The van der Waals surface area contributed by atoms with Crippen LogP contribution in [0.1, 0.15) is 50.3 Å². The summed E-state index contributed by atoms with van der Waals surface area (Å²) in [6.07, 6.45) is 6.26. The third-order valence-electron chi connectivity index (χ3n) is 5.06. The highest BCUT2D eigenvalue weighted by atomic mass is 127. The normalized spacial score (nSPS) is 14.2. The summed E-state index contributed by atoms with van der Waals surface area (Å²) in [5.74, 6) is 0.783. The van der Waals surface area contributed by atoms with Crippen LogP contribution in [0.15, 0.2) is 29.3 Å². The Bertz CT molecular complexity index is 880. The number of halogens is 2. The lowest BCUT2D eigenvalue weighted by Gasteiger charge is -2.16. The molecule has 0 saturated heterocycles. The number of hydrogen-bond donors (Lipinski definition) is 3. The molecule has 0 aliphatic heterocycles. The number of aryl methyl sites for hydroxylation is 1. The third-order valence-corrected chi connectivity index (χ3v) is 5.06. The Morgan fingerprint density at radius 2 is 2.03 bits per heavy atom. The van der Waals surface area contributed by atoms with Crippen LogP contribution in [0.3, 0.4) is 0 Å². The SMILES string of the molecule is CCNC(=NCCCc1nn(-c2ccc(F)cc2)c(N)c1C#N)NC1CCCC1.I. The van der Waals surface area contributed by atoms with Gasteiger partial charge in [-0.3, -0.25) is 4.99 Å². The van der Waals surface area contributed by atoms with Crippen LogP contribution in [0.4, 0.5) is 10.2 Å². The second-order valence-corrected chi connectivity index (χ2v) is 7.20. The number of nitriles is 1. The molecular formula is C21H29FIN7. The molecule has 1 aliphatic rings. The minimum Gasteiger partial charge on any atom is -0.382 e. The molecule has 1 fully saturated rings. The molecule has 0 radical (unpaired) electrons. The van der Waals surface area contributed by atoms with E-state index >= 15 is 0 Å². The Morgan fingerprint density at radius 3 is 2.67 bits per heavy atom. The molecule has 0 unspecified atom stereocenters. The Labute approximate surface area is 194 Å². The van der Waals surface area contributed by atoms with Gasteiger partial charge in [0.1, 0.15) is 23.3 Å². The van der Waals surface area contributed by atoms with Gasteiger partial charge in [-0.2, -0.15) is 10.4 Å². The zero-order valence-electron chi connectivity index (χ0n) is 17.2. The first-order valence-corrected chi connectivity index (χ1v) is 10.2. The highest BCUT2D eigenvalue weighted by Crippen LogP contribution is 2.22. The maximum Gasteiger partial charge on any atom is 0.191 e. The number of anilines is 1. The maximum atomic E-state index is 13.2. The fourth-order valence-electron chi connectivity index (χ4n) is 3.58. The largest absolute Gasteiger partial charge is 0.382 e. The number of rotatable bonds is 7. The van der Waals surface area contributed by atoms with E-state index < -0.39 is 0 Å². The van der Waals surface area contributed by atoms with Gasteiger partial charge in [-0.05, 0) is 56.9 Å². The van der Waals surface area contributed by atoms with Crippen LogP contribution in [0.2, 0.25) is 0 Å². The van der Waals surface area contributed by atoms with Crippen LogP contribution in [0.25, 0.3) is 5.69 Å². The number of nitrogens with one attached hydrogen (secondary N) is 2. The number of hydrogen-bond acceptors (Lipinski definition) is 4. The van der Waals surface area contributed by atoms with E-state index in [1.165, 1.54) is 42.5 Å². The average molecular weight is 525 g/mol. The summed E-state index contributed by atoms with van der Waals surface area (Å²) in [5, 5.41) is 20.8. The number of nitrogens with zero attached hydrogens (tertiary/aromatic N) is 4. The van der Waals surface area contributed by atoms with Crippen molar-refractivity contribution in [3.05, 3.63) is 41.3 Å². The second kappa shape index (κ2) is 11.7. The first-order valence-electron chi connectivity index (χ1n) is 10.2. The smallest absolute Gasteiger partial charge is 0.191 e. The minimum absolute atomic E-state index is 0. The predicted molar refractivity (Wildman–Crippen MR) is 128 cm³/mol. The molecule has 0 atom stereocenters. The van der Waals surface area contributed by atoms with Crippen molar-refractivity contribution < 1.29 is 4.39 Å².